The molecule has 1 heterocycles. The molecule has 4 nitrogen and oxygen atoms in total. The fraction of sp³-hybridized carbons (Fsp3) is 0.261. The number of hydrogen-bond acceptors (Lipinski definition) is 5. The summed E-state index contributed by atoms with van der Waals surface area (Å²) >= 11 is 1.54. The zero-order chi connectivity index (χ0) is 20.1. The summed E-state index contributed by atoms with van der Waals surface area (Å²) in [6.45, 7) is 8.31. The number of rotatable bonds is 6. The molecule has 0 spiro atoms. The van der Waals surface area contributed by atoms with Crippen LogP contribution in [0.15, 0.2) is 53.7 Å². The molecule has 0 aliphatic heterocycles. The maximum absolute atomic E-state index is 9.06. The molecule has 3 aromatic rings. The highest BCUT2D eigenvalue weighted by atomic mass is 32.2. The number of thioether (sulfide) groups is 1. The lowest BCUT2D eigenvalue weighted by Crippen LogP contribution is -2.00. The van der Waals surface area contributed by atoms with E-state index in [-0.39, 0.29) is 5.92 Å². The monoisotopic (exact) mass is 389 g/mol. The van der Waals surface area contributed by atoms with Gasteiger partial charge in [-0.2, -0.15) is 10.2 Å². The fourth-order valence-corrected chi connectivity index (χ4v) is 3.54. The molecular formula is C23H23N3OS. The zero-order valence-electron chi connectivity index (χ0n) is 16.6. The Morgan fingerprint density at radius 2 is 1.89 bits per heavy atom. The van der Waals surface area contributed by atoms with Crippen LogP contribution in [-0.4, -0.2) is 9.97 Å². The number of hydrogen-bond donors (Lipinski definition) is 0. The lowest BCUT2D eigenvalue weighted by atomic mass is 10.1. The molecule has 0 aliphatic carbocycles. The molecule has 0 saturated heterocycles. The predicted molar refractivity (Wildman–Crippen MR) is 113 cm³/mol. The van der Waals surface area contributed by atoms with Crippen molar-refractivity contribution in [2.75, 3.05) is 0 Å². The Labute approximate surface area is 170 Å². The minimum absolute atomic E-state index is 0.269. The SMILES string of the molecule is Cc1ccc(Oc2cc(C(C)C)nc(SCc3cccc(C#N)c3)n2)c(C)c1. The van der Waals surface area contributed by atoms with Gasteiger partial charge in [-0.3, -0.25) is 0 Å². The number of nitrogens with zero attached hydrogens (tertiary/aromatic N) is 3. The van der Waals surface area contributed by atoms with Crippen LogP contribution in [0.25, 0.3) is 0 Å². The van der Waals surface area contributed by atoms with Crippen LogP contribution < -0.4 is 4.74 Å². The first-order valence-corrected chi connectivity index (χ1v) is 10.2. The number of benzene rings is 2. The van der Waals surface area contributed by atoms with Crippen LogP contribution >= 0.6 is 11.8 Å². The Kier molecular flexibility index (Phi) is 6.33. The molecule has 5 heteroatoms. The van der Waals surface area contributed by atoms with E-state index in [1.807, 2.05) is 43.3 Å². The number of nitriles is 1. The molecule has 1 aromatic heterocycles. The number of ether oxygens (including phenoxy) is 1. The quantitative estimate of drug-likeness (QED) is 0.372. The van der Waals surface area contributed by atoms with E-state index in [4.69, 9.17) is 10.00 Å². The van der Waals surface area contributed by atoms with Gasteiger partial charge in [0.25, 0.3) is 0 Å². The minimum Gasteiger partial charge on any atom is -0.439 e. The lowest BCUT2D eigenvalue weighted by Gasteiger charge is -2.12. The van der Waals surface area contributed by atoms with Crippen molar-refractivity contribution in [3.63, 3.8) is 0 Å². The summed E-state index contributed by atoms with van der Waals surface area (Å²) < 4.78 is 6.08. The van der Waals surface area contributed by atoms with Gasteiger partial charge in [0.1, 0.15) is 5.75 Å². The van der Waals surface area contributed by atoms with Gasteiger partial charge < -0.3 is 4.74 Å². The molecule has 2 aromatic carbocycles. The van der Waals surface area contributed by atoms with Gasteiger partial charge in [0.05, 0.1) is 17.3 Å². The largest absolute Gasteiger partial charge is 0.439 e. The van der Waals surface area contributed by atoms with E-state index >= 15 is 0 Å². The third-order valence-electron chi connectivity index (χ3n) is 4.26. The average molecular weight is 390 g/mol. The normalized spacial score (nSPS) is 10.7. The zero-order valence-corrected chi connectivity index (χ0v) is 17.4. The second-order valence-corrected chi connectivity index (χ2v) is 7.98. The van der Waals surface area contributed by atoms with E-state index < -0.39 is 0 Å². The number of aromatic nitrogens is 2. The molecule has 0 N–H and O–H groups in total. The molecule has 0 unspecified atom stereocenters. The van der Waals surface area contributed by atoms with E-state index in [0.717, 1.165) is 22.6 Å². The Bertz CT molecular complexity index is 1020. The maximum atomic E-state index is 9.06. The Morgan fingerprint density at radius 3 is 2.61 bits per heavy atom. The first-order valence-electron chi connectivity index (χ1n) is 9.20. The van der Waals surface area contributed by atoms with Crippen molar-refractivity contribution in [1.82, 2.24) is 9.97 Å². The summed E-state index contributed by atoms with van der Waals surface area (Å²) in [5.41, 5.74) is 4.95. The molecule has 0 saturated carbocycles. The van der Waals surface area contributed by atoms with E-state index in [9.17, 15) is 0 Å². The van der Waals surface area contributed by atoms with Crippen LogP contribution in [0.4, 0.5) is 0 Å². The third-order valence-corrected chi connectivity index (χ3v) is 5.18. The van der Waals surface area contributed by atoms with Crippen molar-refractivity contribution in [2.24, 2.45) is 0 Å². The lowest BCUT2D eigenvalue weighted by molar-refractivity contribution is 0.449. The third kappa shape index (κ3) is 5.11. The van der Waals surface area contributed by atoms with Crippen molar-refractivity contribution in [2.45, 2.75) is 44.5 Å². The van der Waals surface area contributed by atoms with Gasteiger partial charge in [-0.25, -0.2) is 4.98 Å². The molecule has 28 heavy (non-hydrogen) atoms. The van der Waals surface area contributed by atoms with Gasteiger partial charge in [-0.05, 0) is 49.1 Å². The molecule has 0 atom stereocenters. The summed E-state index contributed by atoms with van der Waals surface area (Å²) in [6.07, 6.45) is 0. The fourth-order valence-electron chi connectivity index (χ4n) is 2.74. The second-order valence-electron chi connectivity index (χ2n) is 7.04. The standard InChI is InChI=1S/C23H23N3OS/c1-15(2)20-12-22(27-21-9-8-16(3)10-17(21)4)26-23(25-20)28-14-19-7-5-6-18(11-19)13-24/h5-12,15H,14H2,1-4H3. The van der Waals surface area contributed by atoms with Crippen LogP contribution in [0.2, 0.25) is 0 Å². The summed E-state index contributed by atoms with van der Waals surface area (Å²) in [6, 6.07) is 17.8. The predicted octanol–water partition coefficient (Wildman–Crippen LogP) is 6.17. The van der Waals surface area contributed by atoms with Gasteiger partial charge >= 0.3 is 0 Å². The topological polar surface area (TPSA) is 58.8 Å². The highest BCUT2D eigenvalue weighted by Gasteiger charge is 2.11. The molecule has 142 valence electrons. The highest BCUT2D eigenvalue weighted by molar-refractivity contribution is 7.98. The average Bonchev–Trinajstić information content (AvgIpc) is 2.68. The van der Waals surface area contributed by atoms with E-state index in [1.54, 1.807) is 17.8 Å². The van der Waals surface area contributed by atoms with Gasteiger partial charge in [-0.1, -0.05) is 55.4 Å². The molecule has 3 rings (SSSR count). The Morgan fingerprint density at radius 1 is 1.07 bits per heavy atom. The molecular weight excluding hydrogens is 366 g/mol. The summed E-state index contributed by atoms with van der Waals surface area (Å²) in [5.74, 6) is 2.32. The molecule has 0 amide bonds. The maximum Gasteiger partial charge on any atom is 0.223 e. The number of aryl methyl sites for hydroxylation is 2. The van der Waals surface area contributed by atoms with Gasteiger partial charge in [0, 0.05) is 11.8 Å². The highest BCUT2D eigenvalue weighted by Crippen LogP contribution is 2.29. The Hall–Kier alpha value is -2.84. The van der Waals surface area contributed by atoms with Crippen LogP contribution in [0.1, 0.15) is 47.7 Å². The minimum atomic E-state index is 0.269. The molecule has 0 fully saturated rings. The van der Waals surface area contributed by atoms with Crippen molar-refractivity contribution in [3.8, 4) is 17.7 Å². The van der Waals surface area contributed by atoms with Crippen molar-refractivity contribution in [1.29, 1.82) is 5.26 Å². The summed E-state index contributed by atoms with van der Waals surface area (Å²) in [4.78, 5) is 9.27. The molecule has 0 aliphatic rings. The summed E-state index contributed by atoms with van der Waals surface area (Å²) in [5, 5.41) is 9.74. The van der Waals surface area contributed by atoms with Crippen LogP contribution in [0.3, 0.4) is 0 Å². The Balaban J connectivity index is 1.83. The first kappa shape index (κ1) is 19.9. The first-order chi connectivity index (χ1) is 13.4. The van der Waals surface area contributed by atoms with Gasteiger partial charge in [0.2, 0.25) is 5.88 Å². The van der Waals surface area contributed by atoms with E-state index in [0.29, 0.717) is 22.4 Å². The van der Waals surface area contributed by atoms with E-state index in [2.05, 4.69) is 42.9 Å². The van der Waals surface area contributed by atoms with Gasteiger partial charge in [-0.15, -0.1) is 0 Å². The second kappa shape index (κ2) is 8.90. The summed E-state index contributed by atoms with van der Waals surface area (Å²) in [7, 11) is 0. The molecule has 0 bridgehead atoms. The smallest absolute Gasteiger partial charge is 0.223 e. The van der Waals surface area contributed by atoms with Crippen molar-refractivity contribution < 1.29 is 4.74 Å². The van der Waals surface area contributed by atoms with Crippen LogP contribution in [0.5, 0.6) is 11.6 Å². The van der Waals surface area contributed by atoms with Crippen LogP contribution in [0, 0.1) is 25.2 Å². The van der Waals surface area contributed by atoms with Crippen molar-refractivity contribution in [3.05, 3.63) is 76.5 Å². The molecule has 0 radical (unpaired) electrons. The van der Waals surface area contributed by atoms with Gasteiger partial charge in [0.15, 0.2) is 5.16 Å². The van der Waals surface area contributed by atoms with Crippen molar-refractivity contribution >= 4 is 11.8 Å². The van der Waals surface area contributed by atoms with E-state index in [1.165, 1.54) is 5.56 Å². The van der Waals surface area contributed by atoms with Crippen LogP contribution in [-0.2, 0) is 5.75 Å².